The van der Waals surface area contributed by atoms with E-state index < -0.39 is 23.9 Å². The van der Waals surface area contributed by atoms with Crippen LogP contribution in [0, 0.1) is 0 Å². The number of amides is 2. The van der Waals surface area contributed by atoms with Crippen molar-refractivity contribution in [3.8, 4) is 0 Å². The summed E-state index contributed by atoms with van der Waals surface area (Å²) in [7, 11) is 0. The smallest absolute Gasteiger partial charge is 0.338 e. The van der Waals surface area contributed by atoms with Crippen LogP contribution in [0.4, 0.5) is 5.00 Å². The maximum atomic E-state index is 12.4. The van der Waals surface area contributed by atoms with Crippen LogP contribution in [-0.2, 0) is 22.4 Å². The molecule has 2 aromatic rings. The lowest BCUT2D eigenvalue weighted by atomic mass is 10.1. The molecule has 1 heterocycles. The summed E-state index contributed by atoms with van der Waals surface area (Å²) in [6, 6.07) is 6.96. The van der Waals surface area contributed by atoms with Crippen LogP contribution in [0.3, 0.4) is 0 Å². The fraction of sp³-hybridized carbons (Fsp3) is 0.316. The van der Waals surface area contributed by atoms with E-state index >= 15 is 0 Å². The third-order valence-electron chi connectivity index (χ3n) is 4.38. The number of nitrogens with one attached hydrogen (secondary N) is 1. The minimum atomic E-state index is -1.00. The summed E-state index contributed by atoms with van der Waals surface area (Å²) in [5.41, 5.74) is 7.18. The molecule has 142 valence electrons. The van der Waals surface area contributed by atoms with E-state index in [0.717, 1.165) is 34.6 Å². The van der Waals surface area contributed by atoms with Gasteiger partial charge in [-0.2, -0.15) is 0 Å². The van der Waals surface area contributed by atoms with E-state index in [9.17, 15) is 14.4 Å². The van der Waals surface area contributed by atoms with E-state index in [1.165, 1.54) is 18.3 Å². The number of aryl methyl sites for hydroxylation is 1. The van der Waals surface area contributed by atoms with Crippen LogP contribution in [0.25, 0.3) is 0 Å². The zero-order chi connectivity index (χ0) is 19.6. The van der Waals surface area contributed by atoms with E-state index in [0.29, 0.717) is 16.1 Å². The molecule has 8 heteroatoms. The van der Waals surface area contributed by atoms with Gasteiger partial charge in [0.2, 0.25) is 0 Å². The minimum Gasteiger partial charge on any atom is -0.449 e. The lowest BCUT2D eigenvalue weighted by molar-refractivity contribution is -0.123. The average Bonchev–Trinajstić information content (AvgIpc) is 3.21. The van der Waals surface area contributed by atoms with Gasteiger partial charge in [-0.1, -0.05) is 0 Å². The molecule has 0 saturated carbocycles. The molecule has 0 saturated heterocycles. The van der Waals surface area contributed by atoms with Crippen LogP contribution in [0.1, 0.15) is 44.5 Å². The monoisotopic (exact) mass is 404 g/mol. The quantitative estimate of drug-likeness (QED) is 0.569. The number of thioether (sulfide) groups is 1. The Morgan fingerprint density at radius 3 is 2.56 bits per heavy atom. The topological polar surface area (TPSA) is 98.5 Å². The Morgan fingerprint density at radius 1 is 1.22 bits per heavy atom. The van der Waals surface area contributed by atoms with Gasteiger partial charge < -0.3 is 15.8 Å². The fourth-order valence-electron chi connectivity index (χ4n) is 2.98. The number of esters is 1. The summed E-state index contributed by atoms with van der Waals surface area (Å²) in [4.78, 5) is 38.6. The molecule has 0 aliphatic heterocycles. The number of fused-ring (bicyclic) bond motifs is 1. The van der Waals surface area contributed by atoms with Gasteiger partial charge in [0.25, 0.3) is 11.8 Å². The predicted octanol–water partition coefficient (Wildman–Crippen LogP) is 3.24. The molecule has 1 aliphatic carbocycles. The van der Waals surface area contributed by atoms with Gasteiger partial charge in [0.1, 0.15) is 5.00 Å². The van der Waals surface area contributed by atoms with E-state index in [1.54, 1.807) is 23.9 Å². The first-order chi connectivity index (χ1) is 12.9. The Hall–Kier alpha value is -2.32. The molecule has 1 aromatic carbocycles. The highest BCUT2D eigenvalue weighted by molar-refractivity contribution is 7.98. The standard InChI is InChI=1S/C19H20N2O4S2/c1-10(25-19(24)11-6-8-12(26-2)9-7-11)17(23)21-18-15(16(20)22)13-4-3-5-14(13)27-18/h6-10H,3-5H2,1-2H3,(H2,20,22)(H,21,23)/t10-/m0/s1. The third-order valence-corrected chi connectivity index (χ3v) is 6.33. The Kier molecular flexibility index (Phi) is 5.86. The molecule has 6 nitrogen and oxygen atoms in total. The van der Waals surface area contributed by atoms with Crippen LogP contribution < -0.4 is 11.1 Å². The number of carbonyl (C=O) groups excluding carboxylic acids is 3. The van der Waals surface area contributed by atoms with Gasteiger partial charge in [-0.05, 0) is 62.3 Å². The number of carbonyl (C=O) groups is 3. The number of thiophene rings is 1. The van der Waals surface area contributed by atoms with Gasteiger partial charge in [-0.3, -0.25) is 9.59 Å². The number of primary amides is 1. The Labute approximate surface area is 165 Å². The van der Waals surface area contributed by atoms with E-state index in [4.69, 9.17) is 10.5 Å². The molecule has 0 radical (unpaired) electrons. The highest BCUT2D eigenvalue weighted by Gasteiger charge is 2.28. The highest BCUT2D eigenvalue weighted by atomic mass is 32.2. The number of rotatable bonds is 6. The van der Waals surface area contributed by atoms with Gasteiger partial charge in [0.05, 0.1) is 11.1 Å². The summed E-state index contributed by atoms with van der Waals surface area (Å²) in [6.45, 7) is 1.49. The molecule has 27 heavy (non-hydrogen) atoms. The zero-order valence-electron chi connectivity index (χ0n) is 15.0. The summed E-state index contributed by atoms with van der Waals surface area (Å²) in [5.74, 6) is -1.62. The van der Waals surface area contributed by atoms with Crippen LogP contribution in [0.5, 0.6) is 0 Å². The largest absolute Gasteiger partial charge is 0.449 e. The number of benzene rings is 1. The summed E-state index contributed by atoms with van der Waals surface area (Å²) >= 11 is 2.94. The third kappa shape index (κ3) is 4.17. The van der Waals surface area contributed by atoms with Crippen molar-refractivity contribution in [1.29, 1.82) is 0 Å². The van der Waals surface area contributed by atoms with Crippen molar-refractivity contribution in [3.63, 3.8) is 0 Å². The molecule has 1 aliphatic rings. The lowest BCUT2D eigenvalue weighted by Crippen LogP contribution is -2.30. The number of anilines is 1. The second-order valence-electron chi connectivity index (χ2n) is 6.19. The van der Waals surface area contributed by atoms with Crippen LogP contribution >= 0.6 is 23.1 Å². The van der Waals surface area contributed by atoms with Crippen molar-refractivity contribution in [3.05, 3.63) is 45.8 Å². The molecule has 3 N–H and O–H groups in total. The van der Waals surface area contributed by atoms with Crippen molar-refractivity contribution >= 4 is 45.9 Å². The molecule has 1 aromatic heterocycles. The molecule has 0 unspecified atom stereocenters. The Balaban J connectivity index is 1.67. The predicted molar refractivity (Wildman–Crippen MR) is 107 cm³/mol. The van der Waals surface area contributed by atoms with E-state index in [2.05, 4.69) is 5.32 Å². The van der Waals surface area contributed by atoms with Crippen molar-refractivity contribution in [2.24, 2.45) is 5.73 Å². The maximum absolute atomic E-state index is 12.4. The van der Waals surface area contributed by atoms with Gasteiger partial charge in [0.15, 0.2) is 6.10 Å². The second kappa shape index (κ2) is 8.14. The molecule has 0 bridgehead atoms. The number of ether oxygens (including phenoxy) is 1. The molecule has 0 spiro atoms. The maximum Gasteiger partial charge on any atom is 0.338 e. The minimum absolute atomic E-state index is 0.375. The van der Waals surface area contributed by atoms with Gasteiger partial charge in [-0.25, -0.2) is 4.79 Å². The first-order valence-electron chi connectivity index (χ1n) is 8.51. The Bertz CT molecular complexity index is 890. The molecular weight excluding hydrogens is 384 g/mol. The van der Waals surface area contributed by atoms with E-state index in [-0.39, 0.29) is 0 Å². The zero-order valence-corrected chi connectivity index (χ0v) is 16.7. The van der Waals surface area contributed by atoms with Crippen molar-refractivity contribution in [1.82, 2.24) is 0 Å². The highest BCUT2D eigenvalue weighted by Crippen LogP contribution is 2.38. The molecular formula is C19H20N2O4S2. The van der Waals surface area contributed by atoms with Crippen LogP contribution in [0.2, 0.25) is 0 Å². The summed E-state index contributed by atoms with van der Waals surface area (Å²) in [5, 5.41) is 3.13. The van der Waals surface area contributed by atoms with Crippen molar-refractivity contribution in [2.75, 3.05) is 11.6 Å². The molecule has 1 atom stereocenters. The molecule has 2 amide bonds. The molecule has 0 fully saturated rings. The number of hydrogen-bond acceptors (Lipinski definition) is 6. The first-order valence-corrected chi connectivity index (χ1v) is 10.5. The van der Waals surface area contributed by atoms with Crippen LogP contribution in [-0.4, -0.2) is 30.1 Å². The van der Waals surface area contributed by atoms with E-state index in [1.807, 2.05) is 18.4 Å². The SMILES string of the molecule is CSc1ccc(C(=O)O[C@@H](C)C(=O)Nc2sc3c(c2C(N)=O)CCC3)cc1. The Morgan fingerprint density at radius 2 is 1.93 bits per heavy atom. The lowest BCUT2D eigenvalue weighted by Gasteiger charge is -2.14. The van der Waals surface area contributed by atoms with Gasteiger partial charge >= 0.3 is 5.97 Å². The normalized spacial score (nSPS) is 13.7. The number of hydrogen-bond donors (Lipinski definition) is 2. The summed E-state index contributed by atoms with van der Waals surface area (Å²) in [6.07, 6.45) is 3.60. The summed E-state index contributed by atoms with van der Waals surface area (Å²) < 4.78 is 5.25. The first kappa shape index (κ1) is 19.4. The average molecular weight is 405 g/mol. The molecule has 3 rings (SSSR count). The van der Waals surface area contributed by atoms with Crippen LogP contribution in [0.15, 0.2) is 29.2 Å². The fourth-order valence-corrected chi connectivity index (χ4v) is 4.68. The van der Waals surface area contributed by atoms with Gasteiger partial charge in [0, 0.05) is 9.77 Å². The van der Waals surface area contributed by atoms with Crippen molar-refractivity contribution in [2.45, 2.75) is 37.2 Å². The second-order valence-corrected chi connectivity index (χ2v) is 8.18. The van der Waals surface area contributed by atoms with Gasteiger partial charge in [-0.15, -0.1) is 23.1 Å². The van der Waals surface area contributed by atoms with Crippen molar-refractivity contribution < 1.29 is 19.1 Å². The number of nitrogens with two attached hydrogens (primary N) is 1.